The smallest absolute Gasteiger partial charge is 0.00139 e. The Morgan fingerprint density at radius 3 is 0.800 bits per heavy atom. The minimum absolute atomic E-state index is 1.23. The molecule has 0 aliphatic rings. The van der Waals surface area contributed by atoms with Crippen LogP contribution in [-0.4, -0.2) is 0 Å². The van der Waals surface area contributed by atoms with E-state index in [-0.39, 0.29) is 0 Å². The molecule has 10 aromatic carbocycles. The van der Waals surface area contributed by atoms with E-state index >= 15 is 0 Å². The Morgan fingerprint density at radius 2 is 0.420 bits per heavy atom. The summed E-state index contributed by atoms with van der Waals surface area (Å²) in [5.41, 5.74) is 9.86. The van der Waals surface area contributed by atoms with E-state index < -0.39 is 0 Å². The predicted molar refractivity (Wildman–Crippen MR) is 216 cm³/mol. The summed E-state index contributed by atoms with van der Waals surface area (Å²) in [7, 11) is 0. The van der Waals surface area contributed by atoms with Crippen molar-refractivity contribution < 1.29 is 0 Å². The molecule has 0 radical (unpaired) electrons. The van der Waals surface area contributed by atoms with Gasteiger partial charge in [-0.05, 0) is 111 Å². The fourth-order valence-electron chi connectivity index (χ4n) is 8.00. The van der Waals surface area contributed by atoms with Crippen LogP contribution in [0.4, 0.5) is 0 Å². The van der Waals surface area contributed by atoms with E-state index in [1.54, 1.807) is 0 Å². The van der Waals surface area contributed by atoms with Gasteiger partial charge in [0.1, 0.15) is 0 Å². The molecule has 0 fully saturated rings. The van der Waals surface area contributed by atoms with Crippen LogP contribution in [0, 0.1) is 0 Å². The molecule has 50 heavy (non-hydrogen) atoms. The maximum atomic E-state index is 2.40. The van der Waals surface area contributed by atoms with Gasteiger partial charge in [0.2, 0.25) is 0 Å². The van der Waals surface area contributed by atoms with Gasteiger partial charge in [-0.25, -0.2) is 0 Å². The van der Waals surface area contributed by atoms with Crippen molar-refractivity contribution in [3.05, 3.63) is 194 Å². The average Bonchev–Trinajstić information content (AvgIpc) is 3.21. The maximum Gasteiger partial charge on any atom is -0.00139 e. The van der Waals surface area contributed by atoms with Crippen molar-refractivity contribution in [3.8, 4) is 44.5 Å². The summed E-state index contributed by atoms with van der Waals surface area (Å²) in [5, 5.41) is 13.0. The van der Waals surface area contributed by atoms with Crippen LogP contribution in [0.15, 0.2) is 194 Å². The monoisotopic (exact) mass is 632 g/mol. The highest BCUT2D eigenvalue weighted by atomic mass is 14.2. The molecule has 0 spiro atoms. The maximum absolute atomic E-state index is 2.40. The van der Waals surface area contributed by atoms with Crippen LogP contribution in [0.1, 0.15) is 0 Å². The van der Waals surface area contributed by atoms with Crippen LogP contribution in [-0.2, 0) is 0 Å². The Kier molecular flexibility index (Phi) is 6.60. The van der Waals surface area contributed by atoms with Gasteiger partial charge in [0, 0.05) is 0 Å². The van der Waals surface area contributed by atoms with Crippen molar-refractivity contribution in [1.29, 1.82) is 0 Å². The lowest BCUT2D eigenvalue weighted by atomic mass is 9.85. The van der Waals surface area contributed by atoms with Crippen LogP contribution < -0.4 is 0 Å². The molecule has 0 N–H and O–H groups in total. The Hall–Kier alpha value is -6.50. The van der Waals surface area contributed by atoms with Crippen molar-refractivity contribution in [2.75, 3.05) is 0 Å². The number of rotatable bonds is 4. The van der Waals surface area contributed by atoms with E-state index in [1.165, 1.54) is 98.4 Å². The first-order valence-electron chi connectivity index (χ1n) is 17.3. The molecule has 10 aromatic rings. The molecule has 0 atom stereocenters. The molecule has 0 aliphatic heterocycles. The Balaban J connectivity index is 1.18. The third kappa shape index (κ3) is 4.61. The first kappa shape index (κ1) is 28.5. The predicted octanol–water partition coefficient (Wildman–Crippen LogP) is 14.1. The molecule has 0 unspecified atom stereocenters. The SMILES string of the molecule is c1ccc(-c2ccc(-c3ccc4c(c3)c3ccccc3c3c5ccc(-c6ccc(-c7ccccc7)cc6)cc5c5ccccc5c43)cc2)cc1. The largest absolute Gasteiger partial charge is 0.0622 e. The summed E-state index contributed by atoms with van der Waals surface area (Å²) in [6.45, 7) is 0. The highest BCUT2D eigenvalue weighted by molar-refractivity contribution is 6.39. The van der Waals surface area contributed by atoms with Gasteiger partial charge in [0.15, 0.2) is 0 Å². The van der Waals surface area contributed by atoms with Gasteiger partial charge < -0.3 is 0 Å². The van der Waals surface area contributed by atoms with Crippen LogP contribution in [0.2, 0.25) is 0 Å². The Morgan fingerprint density at radius 1 is 0.160 bits per heavy atom. The second-order valence-electron chi connectivity index (χ2n) is 13.2. The zero-order valence-corrected chi connectivity index (χ0v) is 27.5. The molecule has 0 heteroatoms. The third-order valence-corrected chi connectivity index (χ3v) is 10.5. The Labute approximate surface area is 291 Å². The van der Waals surface area contributed by atoms with Gasteiger partial charge in [-0.2, -0.15) is 0 Å². The molecular weight excluding hydrogens is 601 g/mol. The number of fused-ring (bicyclic) bond motifs is 11. The van der Waals surface area contributed by atoms with Gasteiger partial charge in [-0.15, -0.1) is 0 Å². The highest BCUT2D eigenvalue weighted by Crippen LogP contribution is 2.45. The van der Waals surface area contributed by atoms with Crippen LogP contribution >= 0.6 is 0 Å². The molecule has 0 bridgehead atoms. The summed E-state index contributed by atoms with van der Waals surface area (Å²) in [6, 6.07) is 71.2. The molecule has 0 aromatic heterocycles. The van der Waals surface area contributed by atoms with Crippen molar-refractivity contribution >= 4 is 53.9 Å². The lowest BCUT2D eigenvalue weighted by molar-refractivity contribution is 1.60. The van der Waals surface area contributed by atoms with Gasteiger partial charge in [0.05, 0.1) is 0 Å². The second-order valence-corrected chi connectivity index (χ2v) is 13.2. The molecule has 10 rings (SSSR count). The Bertz CT molecular complexity index is 2660. The fourth-order valence-corrected chi connectivity index (χ4v) is 8.00. The minimum atomic E-state index is 1.23. The van der Waals surface area contributed by atoms with Crippen LogP contribution in [0.3, 0.4) is 0 Å². The van der Waals surface area contributed by atoms with Crippen molar-refractivity contribution in [2.24, 2.45) is 0 Å². The third-order valence-electron chi connectivity index (χ3n) is 10.5. The first-order chi connectivity index (χ1) is 24.8. The van der Waals surface area contributed by atoms with Gasteiger partial charge in [0.25, 0.3) is 0 Å². The minimum Gasteiger partial charge on any atom is -0.0622 e. The van der Waals surface area contributed by atoms with Crippen molar-refractivity contribution in [3.63, 3.8) is 0 Å². The molecule has 0 nitrogen and oxygen atoms in total. The number of benzene rings is 10. The van der Waals surface area contributed by atoms with Crippen molar-refractivity contribution in [2.45, 2.75) is 0 Å². The second kappa shape index (κ2) is 11.6. The zero-order valence-electron chi connectivity index (χ0n) is 27.5. The van der Waals surface area contributed by atoms with E-state index in [2.05, 4.69) is 194 Å². The van der Waals surface area contributed by atoms with Gasteiger partial charge >= 0.3 is 0 Å². The molecule has 232 valence electrons. The summed E-state index contributed by atoms with van der Waals surface area (Å²) < 4.78 is 0. The van der Waals surface area contributed by atoms with Gasteiger partial charge in [-0.1, -0.05) is 182 Å². The van der Waals surface area contributed by atoms with Gasteiger partial charge in [-0.3, -0.25) is 0 Å². The summed E-state index contributed by atoms with van der Waals surface area (Å²) in [6.07, 6.45) is 0. The molecule has 0 saturated heterocycles. The van der Waals surface area contributed by atoms with Crippen molar-refractivity contribution in [1.82, 2.24) is 0 Å². The summed E-state index contributed by atoms with van der Waals surface area (Å²) in [5.74, 6) is 0. The van der Waals surface area contributed by atoms with E-state index in [0.717, 1.165) is 0 Å². The van der Waals surface area contributed by atoms with E-state index in [4.69, 9.17) is 0 Å². The quantitative estimate of drug-likeness (QED) is 0.169. The van der Waals surface area contributed by atoms with E-state index in [0.29, 0.717) is 0 Å². The molecule has 0 heterocycles. The average molecular weight is 633 g/mol. The number of hydrogen-bond donors (Lipinski definition) is 0. The highest BCUT2D eigenvalue weighted by Gasteiger charge is 2.17. The molecule has 0 aliphatic carbocycles. The molecule has 0 saturated carbocycles. The molecular formula is C50H32. The topological polar surface area (TPSA) is 0 Å². The lowest BCUT2D eigenvalue weighted by Crippen LogP contribution is -1.90. The summed E-state index contributed by atoms with van der Waals surface area (Å²) >= 11 is 0. The van der Waals surface area contributed by atoms with E-state index in [9.17, 15) is 0 Å². The van der Waals surface area contributed by atoms with Crippen LogP contribution in [0.25, 0.3) is 98.4 Å². The fraction of sp³-hybridized carbons (Fsp3) is 0. The first-order valence-corrected chi connectivity index (χ1v) is 17.3. The zero-order chi connectivity index (χ0) is 33.0. The lowest BCUT2D eigenvalue weighted by Gasteiger charge is -2.18. The van der Waals surface area contributed by atoms with E-state index in [1.807, 2.05) is 0 Å². The standard InChI is InChI=1S/C50H32/c1-3-11-33(12-4-1)35-19-23-37(24-20-35)39-27-29-45-47(31-39)41-15-7-9-17-43(41)50-46-30-28-40(32-48(46)42-16-8-10-18-44(42)49(45)50)38-25-21-36(22-26-38)34-13-5-2-6-14-34/h1-32H. The van der Waals surface area contributed by atoms with Crippen LogP contribution in [0.5, 0.6) is 0 Å². The normalized spacial score (nSPS) is 11.6. The summed E-state index contributed by atoms with van der Waals surface area (Å²) in [4.78, 5) is 0. The number of hydrogen-bond acceptors (Lipinski definition) is 0. The molecule has 0 amide bonds.